The van der Waals surface area contributed by atoms with E-state index in [-0.39, 0.29) is 20.5 Å². The van der Waals surface area contributed by atoms with Crippen molar-refractivity contribution in [3.63, 3.8) is 0 Å². The predicted molar refractivity (Wildman–Crippen MR) is 108 cm³/mol. The monoisotopic (exact) mass is 428 g/mol. The van der Waals surface area contributed by atoms with Crippen LogP contribution in [0.2, 0.25) is 10.0 Å². The Hall–Kier alpha value is -1.77. The van der Waals surface area contributed by atoms with Gasteiger partial charge in [-0.1, -0.05) is 49.9 Å². The van der Waals surface area contributed by atoms with E-state index in [9.17, 15) is 8.42 Å². The first-order valence-corrected chi connectivity index (χ1v) is 10.8. The van der Waals surface area contributed by atoms with Gasteiger partial charge in [0, 0.05) is 19.3 Å². The lowest BCUT2D eigenvalue weighted by atomic mass is 10.3. The number of benzene rings is 1. The number of anilines is 1. The third-order valence-electron chi connectivity index (χ3n) is 3.77. The first-order valence-electron chi connectivity index (χ1n) is 8.57. The van der Waals surface area contributed by atoms with Gasteiger partial charge in [-0.2, -0.15) is 14.8 Å². The molecule has 146 valence electrons. The Morgan fingerprint density at radius 1 is 1.11 bits per heavy atom. The van der Waals surface area contributed by atoms with E-state index in [1.165, 1.54) is 22.6 Å². The number of halogens is 2. The second-order valence-corrected chi connectivity index (χ2v) is 8.52. The van der Waals surface area contributed by atoms with E-state index >= 15 is 0 Å². The van der Waals surface area contributed by atoms with E-state index in [0.717, 1.165) is 25.7 Å². The van der Waals surface area contributed by atoms with Crippen LogP contribution in [0, 0.1) is 22.7 Å². The fourth-order valence-corrected chi connectivity index (χ4v) is 4.56. The maximum Gasteiger partial charge on any atom is 0.244 e. The van der Waals surface area contributed by atoms with Gasteiger partial charge in [0.05, 0.1) is 15.7 Å². The number of nitrogens with one attached hydrogen (secondary N) is 1. The van der Waals surface area contributed by atoms with Crippen LogP contribution in [-0.2, 0) is 10.0 Å². The van der Waals surface area contributed by atoms with Gasteiger partial charge in [-0.3, -0.25) is 0 Å². The maximum atomic E-state index is 13.1. The number of sulfonamides is 1. The largest absolute Gasteiger partial charge is 0.359 e. The van der Waals surface area contributed by atoms with Crippen molar-refractivity contribution in [2.24, 2.45) is 0 Å². The minimum Gasteiger partial charge on any atom is -0.359 e. The molecular formula is C18H22Cl2N4O2S. The lowest BCUT2D eigenvalue weighted by Gasteiger charge is -2.23. The van der Waals surface area contributed by atoms with Gasteiger partial charge < -0.3 is 5.32 Å². The molecule has 0 spiro atoms. The highest BCUT2D eigenvalue weighted by molar-refractivity contribution is 7.89. The van der Waals surface area contributed by atoms with Gasteiger partial charge in [0.1, 0.15) is 22.6 Å². The second kappa shape index (κ2) is 11.2. The summed E-state index contributed by atoms with van der Waals surface area (Å²) in [6.07, 6.45) is 4.44. The molecule has 0 aliphatic carbocycles. The summed E-state index contributed by atoms with van der Waals surface area (Å²) < 4.78 is 27.5. The summed E-state index contributed by atoms with van der Waals surface area (Å²) in [4.78, 5) is -0.0586. The summed E-state index contributed by atoms with van der Waals surface area (Å²) in [5, 5.41) is 20.4. The first kappa shape index (κ1) is 23.3. The molecule has 0 aliphatic heterocycles. The topological polar surface area (TPSA) is 97.0 Å². The molecule has 0 atom stereocenters. The van der Waals surface area contributed by atoms with Gasteiger partial charge in [0.15, 0.2) is 0 Å². The summed E-state index contributed by atoms with van der Waals surface area (Å²) >= 11 is 12.4. The molecule has 27 heavy (non-hydrogen) atoms. The average molecular weight is 429 g/mol. The number of hydrogen-bond acceptors (Lipinski definition) is 5. The van der Waals surface area contributed by atoms with Crippen LogP contribution in [-0.4, -0.2) is 25.8 Å². The number of allylic oxidation sites excluding steroid dienone is 1. The standard InChI is InChI=1S/C18H22Cl2N4O2S/c1-3-5-7-24(8-6-4-2)27(25,26)18-10-15(19)17(9-16(18)20)23-13-14(11-21)12-22/h9-10,13,23H,3-8H2,1-2H3. The molecular weight excluding hydrogens is 407 g/mol. The highest BCUT2D eigenvalue weighted by Crippen LogP contribution is 2.34. The summed E-state index contributed by atoms with van der Waals surface area (Å²) in [5.74, 6) is 0. The molecule has 0 heterocycles. The fourth-order valence-electron chi connectivity index (χ4n) is 2.24. The van der Waals surface area contributed by atoms with Crippen molar-refractivity contribution in [1.82, 2.24) is 4.31 Å². The zero-order valence-corrected chi connectivity index (χ0v) is 17.6. The fraction of sp³-hybridized carbons (Fsp3) is 0.444. The minimum atomic E-state index is -3.79. The third-order valence-corrected chi connectivity index (χ3v) is 6.45. The van der Waals surface area contributed by atoms with Crippen LogP contribution >= 0.6 is 23.2 Å². The summed E-state index contributed by atoms with van der Waals surface area (Å²) in [7, 11) is -3.79. The van der Waals surface area contributed by atoms with Crippen molar-refractivity contribution in [2.45, 2.75) is 44.4 Å². The van der Waals surface area contributed by atoms with Crippen molar-refractivity contribution in [2.75, 3.05) is 18.4 Å². The number of hydrogen-bond donors (Lipinski definition) is 1. The lowest BCUT2D eigenvalue weighted by Crippen LogP contribution is -2.33. The van der Waals surface area contributed by atoms with Crippen LogP contribution in [0.4, 0.5) is 5.69 Å². The van der Waals surface area contributed by atoms with Gasteiger partial charge in [-0.25, -0.2) is 8.42 Å². The van der Waals surface area contributed by atoms with E-state index in [0.29, 0.717) is 18.8 Å². The number of nitrogens with zero attached hydrogens (tertiary/aromatic N) is 3. The molecule has 0 amide bonds. The van der Waals surface area contributed by atoms with Crippen molar-refractivity contribution >= 4 is 38.9 Å². The highest BCUT2D eigenvalue weighted by atomic mass is 35.5. The first-order chi connectivity index (χ1) is 12.8. The predicted octanol–water partition coefficient (Wildman–Crippen LogP) is 4.93. The van der Waals surface area contributed by atoms with Gasteiger partial charge in [-0.15, -0.1) is 0 Å². The van der Waals surface area contributed by atoms with E-state index < -0.39 is 10.0 Å². The van der Waals surface area contributed by atoms with Crippen molar-refractivity contribution < 1.29 is 8.42 Å². The van der Waals surface area contributed by atoms with Crippen LogP contribution in [0.3, 0.4) is 0 Å². The molecule has 1 rings (SSSR count). The summed E-state index contributed by atoms with van der Waals surface area (Å²) in [6.45, 7) is 4.84. The quantitative estimate of drug-likeness (QED) is 0.532. The van der Waals surface area contributed by atoms with E-state index in [2.05, 4.69) is 5.32 Å². The molecule has 1 aromatic rings. The molecule has 0 aliphatic rings. The molecule has 0 saturated carbocycles. The van der Waals surface area contributed by atoms with Crippen molar-refractivity contribution in [1.29, 1.82) is 10.5 Å². The van der Waals surface area contributed by atoms with Gasteiger partial charge in [-0.05, 0) is 25.0 Å². The normalized spacial score (nSPS) is 10.9. The zero-order valence-electron chi connectivity index (χ0n) is 15.3. The Morgan fingerprint density at radius 3 is 2.15 bits per heavy atom. The molecule has 0 saturated heterocycles. The third kappa shape index (κ3) is 6.41. The Labute approximate surface area is 171 Å². The molecule has 6 nitrogen and oxygen atoms in total. The second-order valence-electron chi connectivity index (χ2n) is 5.80. The van der Waals surface area contributed by atoms with Crippen molar-refractivity contribution in [3.05, 3.63) is 34.0 Å². The summed E-state index contributed by atoms with van der Waals surface area (Å²) in [6, 6.07) is 6.07. The van der Waals surface area contributed by atoms with Crippen LogP contribution in [0.15, 0.2) is 28.8 Å². The van der Waals surface area contributed by atoms with Crippen LogP contribution in [0.25, 0.3) is 0 Å². The minimum absolute atomic E-state index is 0.0174. The summed E-state index contributed by atoms with van der Waals surface area (Å²) in [5.41, 5.74) is 0.154. The molecule has 0 fully saturated rings. The Morgan fingerprint density at radius 2 is 1.67 bits per heavy atom. The molecule has 0 radical (unpaired) electrons. The van der Waals surface area contributed by atoms with Gasteiger partial charge >= 0.3 is 0 Å². The van der Waals surface area contributed by atoms with Crippen LogP contribution < -0.4 is 5.32 Å². The average Bonchev–Trinajstić information content (AvgIpc) is 2.64. The molecule has 0 unspecified atom stereocenters. The molecule has 1 aromatic carbocycles. The molecule has 0 aromatic heterocycles. The Kier molecular flexibility index (Phi) is 9.62. The number of unbranched alkanes of at least 4 members (excludes halogenated alkanes) is 2. The zero-order chi connectivity index (χ0) is 20.4. The van der Waals surface area contributed by atoms with Gasteiger partial charge in [0.25, 0.3) is 0 Å². The maximum absolute atomic E-state index is 13.1. The molecule has 1 N–H and O–H groups in total. The highest BCUT2D eigenvalue weighted by Gasteiger charge is 2.27. The SMILES string of the molecule is CCCCN(CCCC)S(=O)(=O)c1cc(Cl)c(NC=C(C#N)C#N)cc1Cl. The van der Waals surface area contributed by atoms with Crippen molar-refractivity contribution in [3.8, 4) is 12.1 Å². The molecule has 9 heteroatoms. The Balaban J connectivity index is 3.24. The van der Waals surface area contributed by atoms with E-state index in [1.54, 1.807) is 12.1 Å². The lowest BCUT2D eigenvalue weighted by molar-refractivity contribution is 0.395. The number of nitriles is 2. The van der Waals surface area contributed by atoms with E-state index in [1.807, 2.05) is 13.8 Å². The van der Waals surface area contributed by atoms with Crippen LogP contribution in [0.5, 0.6) is 0 Å². The smallest absolute Gasteiger partial charge is 0.244 e. The van der Waals surface area contributed by atoms with Gasteiger partial charge in [0.2, 0.25) is 10.0 Å². The van der Waals surface area contributed by atoms with Crippen LogP contribution in [0.1, 0.15) is 39.5 Å². The van der Waals surface area contributed by atoms with E-state index in [4.69, 9.17) is 33.7 Å². The molecule has 0 bridgehead atoms. The Bertz CT molecular complexity index is 847. The number of rotatable bonds is 10.